The van der Waals surface area contributed by atoms with Gasteiger partial charge in [-0.05, 0) is 51.6 Å². The molecule has 3 atom stereocenters. The average Bonchev–Trinajstić information content (AvgIpc) is 2.94. The van der Waals surface area contributed by atoms with Crippen molar-refractivity contribution in [1.29, 1.82) is 0 Å². The quantitative estimate of drug-likeness (QED) is 0.793. The molecule has 1 N–H and O–H groups in total. The summed E-state index contributed by atoms with van der Waals surface area (Å²) >= 11 is 0. The summed E-state index contributed by atoms with van der Waals surface area (Å²) in [6, 6.07) is 2.26. The van der Waals surface area contributed by atoms with Gasteiger partial charge in [0.1, 0.15) is 0 Å². The van der Waals surface area contributed by atoms with E-state index in [1.54, 1.807) is 0 Å². The standard InChI is InChI=1S/C14H26N2O/c1-2-9-16(12-5-4-10-17-11-12)14(7-1)13-6-3-8-15-13/h12-15H,1-11H2. The molecule has 3 heterocycles. The molecule has 0 spiro atoms. The fraction of sp³-hybridized carbons (Fsp3) is 1.00. The molecule has 3 aliphatic rings. The maximum atomic E-state index is 5.68. The molecule has 17 heavy (non-hydrogen) atoms. The van der Waals surface area contributed by atoms with Crippen LogP contribution in [0.4, 0.5) is 0 Å². The van der Waals surface area contributed by atoms with Crippen LogP contribution in [-0.4, -0.2) is 49.3 Å². The fourth-order valence-corrected chi connectivity index (χ4v) is 3.89. The first kappa shape index (κ1) is 11.9. The lowest BCUT2D eigenvalue weighted by Gasteiger charge is -2.45. The van der Waals surface area contributed by atoms with Crippen LogP contribution in [0, 0.1) is 0 Å². The van der Waals surface area contributed by atoms with Crippen molar-refractivity contribution >= 4 is 0 Å². The van der Waals surface area contributed by atoms with Gasteiger partial charge in [-0.25, -0.2) is 0 Å². The number of likely N-dealkylation sites (tertiary alicyclic amines) is 1. The maximum absolute atomic E-state index is 5.68. The Balaban J connectivity index is 1.65. The average molecular weight is 238 g/mol. The number of rotatable bonds is 2. The van der Waals surface area contributed by atoms with Gasteiger partial charge in [-0.3, -0.25) is 4.90 Å². The van der Waals surface area contributed by atoms with Gasteiger partial charge in [0.15, 0.2) is 0 Å². The van der Waals surface area contributed by atoms with Gasteiger partial charge < -0.3 is 10.1 Å². The van der Waals surface area contributed by atoms with Gasteiger partial charge in [0.25, 0.3) is 0 Å². The van der Waals surface area contributed by atoms with E-state index < -0.39 is 0 Å². The third-order valence-corrected chi connectivity index (χ3v) is 4.76. The highest BCUT2D eigenvalue weighted by atomic mass is 16.5. The number of nitrogens with zero attached hydrogens (tertiary/aromatic N) is 1. The molecule has 0 radical (unpaired) electrons. The molecule has 0 bridgehead atoms. The molecule has 0 aromatic rings. The molecule has 3 heteroatoms. The zero-order valence-corrected chi connectivity index (χ0v) is 10.9. The van der Waals surface area contributed by atoms with E-state index in [4.69, 9.17) is 4.74 Å². The molecule has 0 aliphatic carbocycles. The monoisotopic (exact) mass is 238 g/mol. The third kappa shape index (κ3) is 2.67. The molecule has 98 valence electrons. The van der Waals surface area contributed by atoms with Gasteiger partial charge in [-0.15, -0.1) is 0 Å². The molecule has 3 unspecified atom stereocenters. The lowest BCUT2D eigenvalue weighted by molar-refractivity contribution is -0.0184. The van der Waals surface area contributed by atoms with E-state index in [0.29, 0.717) is 6.04 Å². The second kappa shape index (κ2) is 5.68. The van der Waals surface area contributed by atoms with Gasteiger partial charge in [0.05, 0.1) is 6.61 Å². The van der Waals surface area contributed by atoms with Gasteiger partial charge in [-0.2, -0.15) is 0 Å². The highest BCUT2D eigenvalue weighted by Gasteiger charge is 2.35. The van der Waals surface area contributed by atoms with E-state index >= 15 is 0 Å². The molecule has 3 nitrogen and oxygen atoms in total. The molecule has 3 saturated heterocycles. The molecular weight excluding hydrogens is 212 g/mol. The highest BCUT2D eigenvalue weighted by Crippen LogP contribution is 2.28. The number of ether oxygens (including phenoxy) is 1. The Morgan fingerprint density at radius 3 is 2.76 bits per heavy atom. The van der Waals surface area contributed by atoms with Gasteiger partial charge in [-0.1, -0.05) is 6.42 Å². The summed E-state index contributed by atoms with van der Waals surface area (Å²) in [4.78, 5) is 2.78. The molecule has 0 aromatic carbocycles. The van der Waals surface area contributed by atoms with Crippen molar-refractivity contribution in [3.63, 3.8) is 0 Å². The van der Waals surface area contributed by atoms with Crippen LogP contribution in [0.25, 0.3) is 0 Å². The van der Waals surface area contributed by atoms with Crippen LogP contribution in [0.2, 0.25) is 0 Å². The van der Waals surface area contributed by atoms with Gasteiger partial charge in [0, 0.05) is 24.7 Å². The zero-order chi connectivity index (χ0) is 11.5. The first-order valence-corrected chi connectivity index (χ1v) is 7.52. The topological polar surface area (TPSA) is 24.5 Å². The third-order valence-electron chi connectivity index (χ3n) is 4.76. The molecule has 3 fully saturated rings. The van der Waals surface area contributed by atoms with Crippen LogP contribution in [0.5, 0.6) is 0 Å². The Morgan fingerprint density at radius 1 is 1.00 bits per heavy atom. The maximum Gasteiger partial charge on any atom is 0.0621 e. The van der Waals surface area contributed by atoms with Gasteiger partial charge in [0.2, 0.25) is 0 Å². The second-order valence-electron chi connectivity index (χ2n) is 5.87. The van der Waals surface area contributed by atoms with Crippen molar-refractivity contribution in [1.82, 2.24) is 10.2 Å². The first-order chi connectivity index (χ1) is 8.45. The molecule has 3 rings (SSSR count). The zero-order valence-electron chi connectivity index (χ0n) is 10.9. The van der Waals surface area contributed by atoms with Crippen molar-refractivity contribution in [2.24, 2.45) is 0 Å². The summed E-state index contributed by atoms with van der Waals surface area (Å²) in [5, 5.41) is 3.71. The van der Waals surface area contributed by atoms with Crippen molar-refractivity contribution in [3.8, 4) is 0 Å². The Hall–Kier alpha value is -0.120. The second-order valence-corrected chi connectivity index (χ2v) is 5.87. The Bertz CT molecular complexity index is 234. The first-order valence-electron chi connectivity index (χ1n) is 7.52. The van der Waals surface area contributed by atoms with Crippen molar-refractivity contribution in [2.45, 2.75) is 63.1 Å². The van der Waals surface area contributed by atoms with E-state index in [2.05, 4.69) is 10.2 Å². The molecule has 0 aromatic heterocycles. The summed E-state index contributed by atoms with van der Waals surface area (Å²) < 4.78 is 5.68. The van der Waals surface area contributed by atoms with Crippen LogP contribution in [0.3, 0.4) is 0 Å². The number of hydrogen-bond donors (Lipinski definition) is 1. The lowest BCUT2D eigenvalue weighted by atomic mass is 9.91. The molecule has 0 amide bonds. The summed E-state index contributed by atoms with van der Waals surface area (Å²) in [6.07, 6.45) is 9.57. The molecule has 0 saturated carbocycles. The van der Waals surface area contributed by atoms with E-state index in [9.17, 15) is 0 Å². The minimum atomic E-state index is 0.705. The van der Waals surface area contributed by atoms with Crippen molar-refractivity contribution in [2.75, 3.05) is 26.3 Å². The Kier molecular flexibility index (Phi) is 3.99. The highest BCUT2D eigenvalue weighted by molar-refractivity contribution is 4.93. The van der Waals surface area contributed by atoms with Crippen molar-refractivity contribution in [3.05, 3.63) is 0 Å². The van der Waals surface area contributed by atoms with E-state index in [1.807, 2.05) is 0 Å². The van der Waals surface area contributed by atoms with Crippen LogP contribution in [0.1, 0.15) is 44.9 Å². The Morgan fingerprint density at radius 2 is 2.00 bits per heavy atom. The van der Waals surface area contributed by atoms with Crippen LogP contribution >= 0.6 is 0 Å². The largest absolute Gasteiger partial charge is 0.380 e. The molecular formula is C14H26N2O. The minimum absolute atomic E-state index is 0.705. The Labute approximate surface area is 105 Å². The summed E-state index contributed by atoms with van der Waals surface area (Å²) in [7, 11) is 0. The summed E-state index contributed by atoms with van der Waals surface area (Å²) in [6.45, 7) is 4.49. The van der Waals surface area contributed by atoms with Crippen LogP contribution < -0.4 is 5.32 Å². The van der Waals surface area contributed by atoms with E-state index in [-0.39, 0.29) is 0 Å². The van der Waals surface area contributed by atoms with Gasteiger partial charge >= 0.3 is 0 Å². The van der Waals surface area contributed by atoms with E-state index in [1.165, 1.54) is 58.0 Å². The molecule has 3 aliphatic heterocycles. The predicted octanol–water partition coefficient (Wildman–Crippen LogP) is 1.77. The van der Waals surface area contributed by atoms with E-state index in [0.717, 1.165) is 25.3 Å². The minimum Gasteiger partial charge on any atom is -0.380 e. The smallest absolute Gasteiger partial charge is 0.0621 e. The SMILES string of the molecule is C1CNC(C2CCCCN2C2CCCOC2)C1. The van der Waals surface area contributed by atoms with Crippen molar-refractivity contribution < 1.29 is 4.74 Å². The van der Waals surface area contributed by atoms with Crippen LogP contribution in [-0.2, 0) is 4.74 Å². The summed E-state index contributed by atoms with van der Waals surface area (Å²) in [5.74, 6) is 0. The number of piperidine rings is 1. The predicted molar refractivity (Wildman–Crippen MR) is 69.2 cm³/mol. The normalized spacial score (nSPS) is 40.6. The summed E-state index contributed by atoms with van der Waals surface area (Å²) in [5.41, 5.74) is 0. The number of nitrogens with one attached hydrogen (secondary N) is 1. The van der Waals surface area contributed by atoms with Crippen LogP contribution in [0.15, 0.2) is 0 Å². The lowest BCUT2D eigenvalue weighted by Crippen LogP contribution is -2.56. The fourth-order valence-electron chi connectivity index (χ4n) is 3.89. The number of hydrogen-bond acceptors (Lipinski definition) is 3.